The van der Waals surface area contributed by atoms with Gasteiger partial charge in [-0.3, -0.25) is 20.5 Å². The molecule has 0 saturated carbocycles. The van der Waals surface area contributed by atoms with Crippen molar-refractivity contribution in [1.82, 2.24) is 15.8 Å². The number of nitrogens with zero attached hydrogens (tertiary/aromatic N) is 1. The molecular weight excluding hydrogens is 336 g/mol. The first-order valence-electron chi connectivity index (χ1n) is 8.65. The summed E-state index contributed by atoms with van der Waals surface area (Å²) >= 11 is 5.23. The topological polar surface area (TPSA) is 65.6 Å². The molecule has 1 saturated heterocycles. The Morgan fingerprint density at radius 2 is 1.92 bits per heavy atom. The zero-order valence-corrected chi connectivity index (χ0v) is 16.2. The smallest absolute Gasteiger partial charge is 0.239 e. The van der Waals surface area contributed by atoms with E-state index < -0.39 is 0 Å². The largest absolute Gasteiger partial charge is 0.373 e. The van der Waals surface area contributed by atoms with Gasteiger partial charge >= 0.3 is 0 Å². The number of hydrogen-bond acceptors (Lipinski definition) is 4. The summed E-state index contributed by atoms with van der Waals surface area (Å²) < 4.78 is 5.70. The Labute approximate surface area is 155 Å². The summed E-state index contributed by atoms with van der Waals surface area (Å²) in [4.78, 5) is 14.3. The van der Waals surface area contributed by atoms with Gasteiger partial charge in [0.05, 0.1) is 12.2 Å². The molecule has 0 radical (unpaired) electrons. The second kappa shape index (κ2) is 9.12. The molecule has 138 valence electrons. The van der Waals surface area contributed by atoms with Gasteiger partial charge in [0, 0.05) is 31.7 Å². The summed E-state index contributed by atoms with van der Waals surface area (Å²) in [6.45, 7) is 10.6. The lowest BCUT2D eigenvalue weighted by atomic mass is 10.1. The lowest BCUT2D eigenvalue weighted by Gasteiger charge is -2.35. The van der Waals surface area contributed by atoms with Crippen LogP contribution in [0.1, 0.15) is 31.4 Å². The Balaban J connectivity index is 1.70. The summed E-state index contributed by atoms with van der Waals surface area (Å²) in [5, 5.41) is 3.47. The minimum Gasteiger partial charge on any atom is -0.373 e. The number of hydrazine groups is 1. The molecule has 0 aliphatic carbocycles. The van der Waals surface area contributed by atoms with Gasteiger partial charge in [0.1, 0.15) is 0 Å². The number of benzene rings is 1. The highest BCUT2D eigenvalue weighted by molar-refractivity contribution is 7.80. The van der Waals surface area contributed by atoms with Crippen LogP contribution in [0.2, 0.25) is 0 Å². The number of morpholine rings is 1. The van der Waals surface area contributed by atoms with Crippen molar-refractivity contribution in [2.45, 2.75) is 46.3 Å². The average molecular weight is 365 g/mol. The summed E-state index contributed by atoms with van der Waals surface area (Å²) in [7, 11) is 0. The van der Waals surface area contributed by atoms with Crippen LogP contribution in [0, 0.1) is 13.8 Å². The van der Waals surface area contributed by atoms with Crippen LogP contribution in [0.4, 0.5) is 5.69 Å². The summed E-state index contributed by atoms with van der Waals surface area (Å²) in [5.74, 6) is -0.0862. The van der Waals surface area contributed by atoms with Crippen molar-refractivity contribution in [1.29, 1.82) is 0 Å². The third-order valence-electron chi connectivity index (χ3n) is 4.32. The molecular formula is C18H28N4O2S. The van der Waals surface area contributed by atoms with Crippen molar-refractivity contribution in [2.75, 3.05) is 25.0 Å². The first kappa shape index (κ1) is 19.6. The lowest BCUT2D eigenvalue weighted by molar-refractivity contribution is -0.123. The van der Waals surface area contributed by atoms with E-state index in [2.05, 4.69) is 34.9 Å². The maximum absolute atomic E-state index is 12.0. The van der Waals surface area contributed by atoms with Gasteiger partial charge in [-0.1, -0.05) is 12.1 Å². The predicted octanol–water partition coefficient (Wildman–Crippen LogP) is 2.12. The van der Waals surface area contributed by atoms with Crippen LogP contribution in [0.3, 0.4) is 0 Å². The van der Waals surface area contributed by atoms with Gasteiger partial charge in [-0.25, -0.2) is 0 Å². The maximum atomic E-state index is 12.0. The highest BCUT2D eigenvalue weighted by atomic mass is 32.1. The molecule has 1 aliphatic rings. The third-order valence-corrected chi connectivity index (χ3v) is 4.52. The van der Waals surface area contributed by atoms with Gasteiger partial charge in [0.2, 0.25) is 5.91 Å². The fraction of sp³-hybridized carbons (Fsp3) is 0.556. The Morgan fingerprint density at radius 1 is 1.24 bits per heavy atom. The summed E-state index contributed by atoms with van der Waals surface area (Å²) in [6.07, 6.45) is 0.831. The highest BCUT2D eigenvalue weighted by Gasteiger charge is 2.22. The summed E-state index contributed by atoms with van der Waals surface area (Å²) in [5.41, 5.74) is 8.66. The average Bonchev–Trinajstić information content (AvgIpc) is 2.54. The van der Waals surface area contributed by atoms with E-state index in [0.29, 0.717) is 18.1 Å². The number of anilines is 1. The molecule has 6 nitrogen and oxygen atoms in total. The molecule has 1 aromatic rings. The van der Waals surface area contributed by atoms with Crippen molar-refractivity contribution in [3.63, 3.8) is 0 Å². The number of rotatable bonds is 4. The second-order valence-corrected chi connectivity index (χ2v) is 7.05. The number of amides is 1. The van der Waals surface area contributed by atoms with E-state index in [1.165, 1.54) is 5.56 Å². The van der Waals surface area contributed by atoms with Crippen LogP contribution in [-0.2, 0) is 9.53 Å². The molecule has 3 N–H and O–H groups in total. The molecule has 7 heteroatoms. The second-order valence-electron chi connectivity index (χ2n) is 6.64. The minimum atomic E-state index is -0.0862. The predicted molar refractivity (Wildman–Crippen MR) is 104 cm³/mol. The molecule has 1 fully saturated rings. The monoisotopic (exact) mass is 364 g/mol. The molecule has 1 aliphatic heterocycles. The first-order valence-corrected chi connectivity index (χ1v) is 9.06. The molecule has 1 amide bonds. The molecule has 1 heterocycles. The fourth-order valence-corrected chi connectivity index (χ4v) is 3.12. The standard InChI is InChI=1S/C18H28N4O2S/c1-12-6-5-7-16(15(12)4)19-18(25)21-20-17(23)8-9-22-10-13(2)24-14(3)11-22/h5-7,13-14H,8-11H2,1-4H3,(H,20,23)(H2,19,21,25)/t13-,14-/m0/s1. The maximum Gasteiger partial charge on any atom is 0.239 e. The molecule has 0 bridgehead atoms. The van der Waals surface area contributed by atoms with Gasteiger partial charge in [0.15, 0.2) is 5.11 Å². The van der Waals surface area contributed by atoms with E-state index in [0.717, 1.165) is 24.3 Å². The molecule has 2 atom stereocenters. The van der Waals surface area contributed by atoms with Crippen molar-refractivity contribution in [2.24, 2.45) is 0 Å². The van der Waals surface area contributed by atoms with Crippen molar-refractivity contribution >= 4 is 28.9 Å². The summed E-state index contributed by atoms with van der Waals surface area (Å²) in [6, 6.07) is 5.97. The van der Waals surface area contributed by atoms with Crippen LogP contribution in [0.25, 0.3) is 0 Å². The normalized spacial score (nSPS) is 20.8. The highest BCUT2D eigenvalue weighted by Crippen LogP contribution is 2.17. The van der Waals surface area contributed by atoms with E-state index >= 15 is 0 Å². The van der Waals surface area contributed by atoms with Crippen molar-refractivity contribution < 1.29 is 9.53 Å². The number of carbonyl (C=O) groups is 1. The third kappa shape index (κ3) is 6.26. The van der Waals surface area contributed by atoms with E-state index in [1.807, 2.05) is 32.0 Å². The fourth-order valence-electron chi connectivity index (χ4n) is 2.96. The van der Waals surface area contributed by atoms with Gasteiger partial charge in [-0.05, 0) is 57.1 Å². The van der Waals surface area contributed by atoms with Crippen LogP contribution in [0.15, 0.2) is 18.2 Å². The number of nitrogens with one attached hydrogen (secondary N) is 3. The zero-order chi connectivity index (χ0) is 18.4. The number of thiocarbonyl (C=S) groups is 1. The number of hydrogen-bond donors (Lipinski definition) is 3. The first-order chi connectivity index (χ1) is 11.8. The van der Waals surface area contributed by atoms with Crippen LogP contribution in [0.5, 0.6) is 0 Å². The Bertz CT molecular complexity index is 613. The van der Waals surface area contributed by atoms with Crippen molar-refractivity contribution in [3.05, 3.63) is 29.3 Å². The van der Waals surface area contributed by atoms with E-state index in [9.17, 15) is 4.79 Å². The quantitative estimate of drug-likeness (QED) is 0.562. The van der Waals surface area contributed by atoms with E-state index in [-0.39, 0.29) is 18.1 Å². The van der Waals surface area contributed by atoms with Crippen LogP contribution >= 0.6 is 12.2 Å². The number of aryl methyl sites for hydroxylation is 1. The van der Waals surface area contributed by atoms with E-state index in [4.69, 9.17) is 17.0 Å². The lowest BCUT2D eigenvalue weighted by Crippen LogP contribution is -2.48. The molecule has 0 aromatic heterocycles. The molecule has 25 heavy (non-hydrogen) atoms. The minimum absolute atomic E-state index is 0.0862. The number of carbonyl (C=O) groups excluding carboxylic acids is 1. The SMILES string of the molecule is Cc1cccc(NC(=S)NNC(=O)CCN2C[C@H](C)O[C@@H](C)C2)c1C. The van der Waals surface area contributed by atoms with Crippen LogP contribution in [-0.4, -0.2) is 47.8 Å². The Hall–Kier alpha value is -1.70. The van der Waals surface area contributed by atoms with Crippen molar-refractivity contribution in [3.8, 4) is 0 Å². The van der Waals surface area contributed by atoms with Gasteiger partial charge in [-0.2, -0.15) is 0 Å². The van der Waals surface area contributed by atoms with Gasteiger partial charge < -0.3 is 10.1 Å². The van der Waals surface area contributed by atoms with Gasteiger partial charge in [-0.15, -0.1) is 0 Å². The zero-order valence-electron chi connectivity index (χ0n) is 15.4. The molecule has 2 rings (SSSR count). The van der Waals surface area contributed by atoms with Crippen LogP contribution < -0.4 is 16.2 Å². The number of ether oxygens (including phenoxy) is 1. The van der Waals surface area contributed by atoms with Gasteiger partial charge in [0.25, 0.3) is 0 Å². The Kier molecular flexibility index (Phi) is 7.16. The molecule has 0 spiro atoms. The molecule has 0 unspecified atom stereocenters. The van der Waals surface area contributed by atoms with E-state index in [1.54, 1.807) is 0 Å². The Morgan fingerprint density at radius 3 is 2.60 bits per heavy atom. The molecule has 1 aromatic carbocycles.